The predicted octanol–water partition coefficient (Wildman–Crippen LogP) is 1.80. The van der Waals surface area contributed by atoms with Crippen molar-refractivity contribution in [3.05, 3.63) is 12.2 Å². The lowest BCUT2D eigenvalue weighted by Crippen LogP contribution is -2.22. The Hall–Kier alpha value is -1.32. The lowest BCUT2D eigenvalue weighted by atomic mass is 10.3. The van der Waals surface area contributed by atoms with Crippen LogP contribution >= 0.6 is 0 Å². The van der Waals surface area contributed by atoms with Gasteiger partial charge in [0.2, 0.25) is 5.91 Å². The maximum atomic E-state index is 11.1. The number of esters is 1. The van der Waals surface area contributed by atoms with E-state index in [1.165, 1.54) is 6.08 Å². The molecule has 0 saturated carbocycles. The molecule has 0 spiro atoms. The van der Waals surface area contributed by atoms with Crippen LogP contribution in [0.1, 0.15) is 39.5 Å². The summed E-state index contributed by atoms with van der Waals surface area (Å²) in [6.07, 6.45) is 6.18. The lowest BCUT2D eigenvalue weighted by Gasteiger charge is -2.00. The van der Waals surface area contributed by atoms with Crippen molar-refractivity contribution in [3.8, 4) is 0 Å². The Morgan fingerprint density at radius 3 is 2.44 bits per heavy atom. The molecule has 16 heavy (non-hydrogen) atoms. The van der Waals surface area contributed by atoms with Crippen LogP contribution in [0.4, 0.5) is 0 Å². The van der Waals surface area contributed by atoms with Crippen molar-refractivity contribution in [2.24, 2.45) is 0 Å². The van der Waals surface area contributed by atoms with Crippen LogP contribution in [0.5, 0.6) is 0 Å². The fraction of sp³-hybridized carbons (Fsp3) is 0.667. The molecule has 0 aliphatic heterocycles. The van der Waals surface area contributed by atoms with Crippen molar-refractivity contribution in [1.29, 1.82) is 0 Å². The minimum absolute atomic E-state index is 0.249. The summed E-state index contributed by atoms with van der Waals surface area (Å²) in [6.45, 7) is 5.12. The Morgan fingerprint density at radius 2 is 1.81 bits per heavy atom. The second kappa shape index (κ2) is 10.2. The van der Waals surface area contributed by atoms with E-state index < -0.39 is 5.97 Å². The lowest BCUT2D eigenvalue weighted by molar-refractivity contribution is -0.138. The van der Waals surface area contributed by atoms with E-state index in [-0.39, 0.29) is 5.91 Å². The zero-order chi connectivity index (χ0) is 12.2. The Labute approximate surface area is 97.1 Å². The van der Waals surface area contributed by atoms with Gasteiger partial charge in [-0.3, -0.25) is 4.79 Å². The summed E-state index contributed by atoms with van der Waals surface area (Å²) >= 11 is 0. The maximum absolute atomic E-state index is 11.1. The third-order valence-corrected chi connectivity index (χ3v) is 1.94. The van der Waals surface area contributed by atoms with Crippen LogP contribution in [0, 0.1) is 0 Å². The van der Waals surface area contributed by atoms with Gasteiger partial charge in [-0.2, -0.15) is 0 Å². The van der Waals surface area contributed by atoms with Crippen LogP contribution in [0.25, 0.3) is 0 Å². The van der Waals surface area contributed by atoms with Crippen molar-refractivity contribution in [2.45, 2.75) is 39.5 Å². The van der Waals surface area contributed by atoms with Crippen molar-refractivity contribution < 1.29 is 14.3 Å². The summed E-state index contributed by atoms with van der Waals surface area (Å²) in [6, 6.07) is 0. The molecule has 0 aromatic carbocycles. The number of hydrogen-bond acceptors (Lipinski definition) is 3. The van der Waals surface area contributed by atoms with E-state index in [0.717, 1.165) is 31.8 Å². The smallest absolute Gasteiger partial charge is 0.330 e. The predicted molar refractivity (Wildman–Crippen MR) is 62.9 cm³/mol. The molecule has 0 saturated heterocycles. The summed E-state index contributed by atoms with van der Waals surface area (Å²) in [7, 11) is 0. The van der Waals surface area contributed by atoms with Gasteiger partial charge >= 0.3 is 5.97 Å². The normalized spacial score (nSPS) is 10.4. The van der Waals surface area contributed by atoms with Gasteiger partial charge in [0.1, 0.15) is 0 Å². The number of ether oxygens (including phenoxy) is 1. The van der Waals surface area contributed by atoms with Crippen LogP contribution in [0.15, 0.2) is 12.2 Å². The molecular formula is C12H21NO3. The van der Waals surface area contributed by atoms with E-state index >= 15 is 0 Å². The summed E-state index contributed by atoms with van der Waals surface area (Å²) in [5, 5.41) is 2.67. The van der Waals surface area contributed by atoms with Gasteiger partial charge < -0.3 is 10.1 Å². The number of nitrogens with one attached hydrogen (secondary N) is 1. The molecule has 92 valence electrons. The standard InChI is InChI=1S/C12H21NO3/c1-3-5-9-13-11(14)7-8-12(15)16-10-6-4-2/h7-8H,3-6,9-10H2,1-2H3,(H,13,14)/b8-7-. The average Bonchev–Trinajstić information content (AvgIpc) is 2.27. The molecule has 0 heterocycles. The van der Waals surface area contributed by atoms with Crippen LogP contribution < -0.4 is 5.32 Å². The van der Waals surface area contributed by atoms with Crippen molar-refractivity contribution in [1.82, 2.24) is 5.32 Å². The van der Waals surface area contributed by atoms with Crippen molar-refractivity contribution >= 4 is 11.9 Å². The van der Waals surface area contributed by atoms with Crippen LogP contribution in [0.2, 0.25) is 0 Å². The number of rotatable bonds is 8. The van der Waals surface area contributed by atoms with Crippen LogP contribution in [-0.2, 0) is 14.3 Å². The Balaban J connectivity index is 3.63. The minimum Gasteiger partial charge on any atom is -0.463 e. The van der Waals surface area contributed by atoms with Gasteiger partial charge in [-0.05, 0) is 12.8 Å². The summed E-state index contributed by atoms with van der Waals surface area (Å²) in [4.78, 5) is 22.2. The van der Waals surface area contributed by atoms with E-state index in [0.29, 0.717) is 13.2 Å². The molecular weight excluding hydrogens is 206 g/mol. The van der Waals surface area contributed by atoms with Crippen LogP contribution in [-0.4, -0.2) is 25.0 Å². The van der Waals surface area contributed by atoms with Crippen molar-refractivity contribution in [2.75, 3.05) is 13.2 Å². The van der Waals surface area contributed by atoms with E-state index in [4.69, 9.17) is 4.74 Å². The fourth-order valence-electron chi connectivity index (χ4n) is 0.956. The molecule has 0 aliphatic rings. The van der Waals surface area contributed by atoms with Gasteiger partial charge in [0.25, 0.3) is 0 Å². The minimum atomic E-state index is -0.459. The van der Waals surface area contributed by atoms with Crippen LogP contribution in [0.3, 0.4) is 0 Å². The van der Waals surface area contributed by atoms with Crippen molar-refractivity contribution in [3.63, 3.8) is 0 Å². The number of hydrogen-bond donors (Lipinski definition) is 1. The van der Waals surface area contributed by atoms with E-state index in [2.05, 4.69) is 5.32 Å². The molecule has 0 fully saturated rings. The first-order valence-electron chi connectivity index (χ1n) is 5.83. The first kappa shape index (κ1) is 14.7. The summed E-state index contributed by atoms with van der Waals surface area (Å²) < 4.78 is 4.85. The number of carbonyl (C=O) groups excluding carboxylic acids is 2. The third kappa shape index (κ3) is 9.24. The molecule has 4 nitrogen and oxygen atoms in total. The molecule has 0 rings (SSSR count). The first-order chi connectivity index (χ1) is 7.70. The quantitative estimate of drug-likeness (QED) is 0.391. The van der Waals surface area contributed by atoms with Gasteiger partial charge in [-0.25, -0.2) is 4.79 Å². The zero-order valence-electron chi connectivity index (χ0n) is 10.1. The van der Waals surface area contributed by atoms with E-state index in [1.807, 2.05) is 13.8 Å². The zero-order valence-corrected chi connectivity index (χ0v) is 10.1. The molecule has 0 aliphatic carbocycles. The topological polar surface area (TPSA) is 55.4 Å². The first-order valence-corrected chi connectivity index (χ1v) is 5.83. The molecule has 0 unspecified atom stereocenters. The second-order valence-electron chi connectivity index (χ2n) is 3.50. The molecule has 1 N–H and O–H groups in total. The van der Waals surface area contributed by atoms with E-state index in [1.54, 1.807) is 0 Å². The number of amides is 1. The highest BCUT2D eigenvalue weighted by Gasteiger charge is 1.98. The number of carbonyl (C=O) groups is 2. The molecule has 0 atom stereocenters. The summed E-state index contributed by atoms with van der Waals surface area (Å²) in [5.74, 6) is -0.708. The highest BCUT2D eigenvalue weighted by atomic mass is 16.5. The molecule has 4 heteroatoms. The Morgan fingerprint density at radius 1 is 1.12 bits per heavy atom. The fourth-order valence-corrected chi connectivity index (χ4v) is 0.956. The Kier molecular flexibility index (Phi) is 9.36. The van der Waals surface area contributed by atoms with E-state index in [9.17, 15) is 9.59 Å². The van der Waals surface area contributed by atoms with Gasteiger partial charge in [-0.15, -0.1) is 0 Å². The molecule has 0 aromatic rings. The van der Waals surface area contributed by atoms with Gasteiger partial charge in [0.15, 0.2) is 0 Å². The molecule has 0 aromatic heterocycles. The number of unbranched alkanes of at least 4 members (excludes halogenated alkanes) is 2. The molecule has 0 bridgehead atoms. The highest BCUT2D eigenvalue weighted by molar-refractivity contribution is 5.94. The second-order valence-corrected chi connectivity index (χ2v) is 3.50. The van der Waals surface area contributed by atoms with Gasteiger partial charge in [0, 0.05) is 18.7 Å². The Bertz CT molecular complexity index is 212. The largest absolute Gasteiger partial charge is 0.463 e. The highest BCUT2D eigenvalue weighted by Crippen LogP contribution is 1.90. The van der Waals surface area contributed by atoms with Gasteiger partial charge in [-0.1, -0.05) is 26.7 Å². The third-order valence-electron chi connectivity index (χ3n) is 1.94. The summed E-state index contributed by atoms with van der Waals surface area (Å²) in [5.41, 5.74) is 0. The molecule has 1 amide bonds. The SMILES string of the molecule is CCCCNC(=O)/C=C\C(=O)OCCCC. The molecule has 0 radical (unpaired) electrons. The maximum Gasteiger partial charge on any atom is 0.330 e. The monoisotopic (exact) mass is 227 g/mol. The average molecular weight is 227 g/mol. The van der Waals surface area contributed by atoms with Gasteiger partial charge in [0.05, 0.1) is 6.61 Å².